The van der Waals surface area contributed by atoms with Gasteiger partial charge in [0.25, 0.3) is 0 Å². The molecule has 1 heterocycles. The van der Waals surface area contributed by atoms with Crippen LogP contribution in [0, 0.1) is 0 Å². The van der Waals surface area contributed by atoms with Gasteiger partial charge in [0, 0.05) is 4.88 Å². The van der Waals surface area contributed by atoms with Crippen LogP contribution in [0.1, 0.15) is 10.4 Å². The molecule has 1 aromatic rings. The Morgan fingerprint density at radius 3 is 3.15 bits per heavy atom. The SMILES string of the molecule is C=CCc1sccc1CC(=O)OC. The molecular formula is C10H12O2S. The molecule has 0 aromatic carbocycles. The van der Waals surface area contributed by atoms with Gasteiger partial charge in [-0.2, -0.15) is 0 Å². The average Bonchev–Trinajstić information content (AvgIpc) is 2.54. The molecule has 0 bridgehead atoms. The lowest BCUT2D eigenvalue weighted by atomic mass is 10.1. The molecule has 1 rings (SSSR count). The van der Waals surface area contributed by atoms with Crippen LogP contribution in [0.15, 0.2) is 24.1 Å². The number of rotatable bonds is 4. The van der Waals surface area contributed by atoms with Gasteiger partial charge in [-0.15, -0.1) is 17.9 Å². The van der Waals surface area contributed by atoms with Crippen molar-refractivity contribution in [2.24, 2.45) is 0 Å². The van der Waals surface area contributed by atoms with Crippen molar-refractivity contribution >= 4 is 17.3 Å². The van der Waals surface area contributed by atoms with Crippen LogP contribution < -0.4 is 0 Å². The van der Waals surface area contributed by atoms with Gasteiger partial charge in [-0.1, -0.05) is 6.08 Å². The van der Waals surface area contributed by atoms with Crippen molar-refractivity contribution < 1.29 is 9.53 Å². The van der Waals surface area contributed by atoms with Crippen LogP contribution in [-0.4, -0.2) is 13.1 Å². The molecule has 0 N–H and O–H groups in total. The topological polar surface area (TPSA) is 26.3 Å². The fourth-order valence-electron chi connectivity index (χ4n) is 1.06. The summed E-state index contributed by atoms with van der Waals surface area (Å²) < 4.78 is 4.60. The second-order valence-electron chi connectivity index (χ2n) is 2.61. The molecule has 1 aromatic heterocycles. The van der Waals surface area contributed by atoms with Crippen molar-refractivity contribution in [1.29, 1.82) is 0 Å². The van der Waals surface area contributed by atoms with Crippen molar-refractivity contribution in [3.05, 3.63) is 34.5 Å². The first kappa shape index (κ1) is 9.99. The number of ether oxygens (including phenoxy) is 1. The van der Waals surface area contributed by atoms with E-state index in [0.29, 0.717) is 6.42 Å². The first-order valence-corrected chi connectivity index (χ1v) is 4.89. The fraction of sp³-hybridized carbons (Fsp3) is 0.300. The Morgan fingerprint density at radius 2 is 2.54 bits per heavy atom. The minimum Gasteiger partial charge on any atom is -0.469 e. The molecule has 0 atom stereocenters. The Labute approximate surface area is 81.8 Å². The van der Waals surface area contributed by atoms with Gasteiger partial charge in [0.1, 0.15) is 0 Å². The second kappa shape index (κ2) is 4.82. The van der Waals surface area contributed by atoms with Gasteiger partial charge in [-0.3, -0.25) is 4.79 Å². The van der Waals surface area contributed by atoms with Crippen LogP contribution >= 0.6 is 11.3 Å². The molecule has 2 nitrogen and oxygen atoms in total. The molecular weight excluding hydrogens is 184 g/mol. The van der Waals surface area contributed by atoms with Gasteiger partial charge in [0.05, 0.1) is 13.5 Å². The molecule has 0 saturated carbocycles. The molecule has 70 valence electrons. The smallest absolute Gasteiger partial charge is 0.310 e. The van der Waals surface area contributed by atoms with E-state index in [2.05, 4.69) is 11.3 Å². The lowest BCUT2D eigenvalue weighted by Crippen LogP contribution is -2.04. The standard InChI is InChI=1S/C10H12O2S/c1-3-4-9-8(5-6-13-9)7-10(11)12-2/h3,5-6H,1,4,7H2,2H3. The maximum absolute atomic E-state index is 11.0. The number of allylic oxidation sites excluding steroid dienone is 1. The van der Waals surface area contributed by atoms with Gasteiger partial charge in [-0.25, -0.2) is 0 Å². The third-order valence-electron chi connectivity index (χ3n) is 1.73. The summed E-state index contributed by atoms with van der Waals surface area (Å²) in [5.74, 6) is -0.191. The largest absolute Gasteiger partial charge is 0.469 e. The van der Waals surface area contributed by atoms with E-state index in [-0.39, 0.29) is 5.97 Å². The van der Waals surface area contributed by atoms with E-state index in [9.17, 15) is 4.79 Å². The molecule has 0 saturated heterocycles. The van der Waals surface area contributed by atoms with Crippen molar-refractivity contribution in [3.63, 3.8) is 0 Å². The minimum atomic E-state index is -0.191. The van der Waals surface area contributed by atoms with Crippen molar-refractivity contribution in [3.8, 4) is 0 Å². The molecule has 0 aliphatic carbocycles. The zero-order valence-electron chi connectivity index (χ0n) is 7.58. The van der Waals surface area contributed by atoms with Crippen LogP contribution in [0.3, 0.4) is 0 Å². The molecule has 0 amide bonds. The third kappa shape index (κ3) is 2.70. The molecule has 13 heavy (non-hydrogen) atoms. The second-order valence-corrected chi connectivity index (χ2v) is 3.62. The first-order valence-electron chi connectivity index (χ1n) is 4.01. The minimum absolute atomic E-state index is 0.191. The monoisotopic (exact) mass is 196 g/mol. The fourth-order valence-corrected chi connectivity index (χ4v) is 1.96. The highest BCUT2D eigenvalue weighted by Gasteiger charge is 2.07. The van der Waals surface area contributed by atoms with Crippen LogP contribution in [0.4, 0.5) is 0 Å². The van der Waals surface area contributed by atoms with Crippen LogP contribution in [0.5, 0.6) is 0 Å². The van der Waals surface area contributed by atoms with E-state index in [1.807, 2.05) is 17.5 Å². The Balaban J connectivity index is 2.69. The maximum Gasteiger partial charge on any atom is 0.310 e. The van der Waals surface area contributed by atoms with Gasteiger partial charge in [0.2, 0.25) is 0 Å². The summed E-state index contributed by atoms with van der Waals surface area (Å²) in [5, 5.41) is 1.98. The molecule has 0 spiro atoms. The molecule has 0 radical (unpaired) electrons. The van der Waals surface area contributed by atoms with Gasteiger partial charge >= 0.3 is 5.97 Å². The van der Waals surface area contributed by atoms with Crippen LogP contribution in [0.2, 0.25) is 0 Å². The number of hydrogen-bond donors (Lipinski definition) is 0. The predicted octanol–water partition coefficient (Wildman–Crippen LogP) is 2.19. The lowest BCUT2D eigenvalue weighted by Gasteiger charge is -1.99. The Bertz CT molecular complexity index is 302. The molecule has 0 aliphatic rings. The summed E-state index contributed by atoms with van der Waals surface area (Å²) in [6.45, 7) is 3.67. The highest BCUT2D eigenvalue weighted by molar-refractivity contribution is 7.10. The zero-order valence-corrected chi connectivity index (χ0v) is 8.39. The predicted molar refractivity (Wildman–Crippen MR) is 53.9 cm³/mol. The van der Waals surface area contributed by atoms with Crippen LogP contribution in [-0.2, 0) is 22.4 Å². The number of methoxy groups -OCH3 is 1. The quantitative estimate of drug-likeness (QED) is 0.545. The average molecular weight is 196 g/mol. The number of carbonyl (C=O) groups excluding carboxylic acids is 1. The van der Waals surface area contributed by atoms with E-state index in [4.69, 9.17) is 0 Å². The molecule has 0 aliphatic heterocycles. The highest BCUT2D eigenvalue weighted by atomic mass is 32.1. The van der Waals surface area contributed by atoms with Crippen LogP contribution in [0.25, 0.3) is 0 Å². The Morgan fingerprint density at radius 1 is 1.77 bits per heavy atom. The third-order valence-corrected chi connectivity index (χ3v) is 2.72. The lowest BCUT2D eigenvalue weighted by molar-refractivity contribution is -0.139. The summed E-state index contributed by atoms with van der Waals surface area (Å²) in [6, 6.07) is 1.96. The molecule has 0 fully saturated rings. The highest BCUT2D eigenvalue weighted by Crippen LogP contribution is 2.18. The van der Waals surface area contributed by atoms with Crippen molar-refractivity contribution in [2.75, 3.05) is 7.11 Å². The Kier molecular flexibility index (Phi) is 3.71. The zero-order chi connectivity index (χ0) is 9.68. The summed E-state index contributed by atoms with van der Waals surface area (Å²) in [7, 11) is 1.40. The van der Waals surface area contributed by atoms with Gasteiger partial charge < -0.3 is 4.74 Å². The van der Waals surface area contributed by atoms with E-state index in [0.717, 1.165) is 12.0 Å². The summed E-state index contributed by atoms with van der Waals surface area (Å²) in [5.41, 5.74) is 1.05. The van der Waals surface area contributed by atoms with Crippen molar-refractivity contribution in [1.82, 2.24) is 0 Å². The molecule has 0 unspecified atom stereocenters. The first-order chi connectivity index (χ1) is 6.27. The maximum atomic E-state index is 11.0. The van der Waals surface area contributed by atoms with E-state index < -0.39 is 0 Å². The van der Waals surface area contributed by atoms with E-state index in [1.165, 1.54) is 12.0 Å². The van der Waals surface area contributed by atoms with E-state index in [1.54, 1.807) is 11.3 Å². The number of carbonyl (C=O) groups is 1. The number of thiophene rings is 1. The normalized spacial score (nSPS) is 9.62. The summed E-state index contributed by atoms with van der Waals surface area (Å²) in [6.07, 6.45) is 3.03. The summed E-state index contributed by atoms with van der Waals surface area (Å²) >= 11 is 1.65. The number of esters is 1. The van der Waals surface area contributed by atoms with Gasteiger partial charge in [0.15, 0.2) is 0 Å². The van der Waals surface area contributed by atoms with E-state index >= 15 is 0 Å². The van der Waals surface area contributed by atoms with Gasteiger partial charge in [-0.05, 0) is 23.4 Å². The van der Waals surface area contributed by atoms with Crippen molar-refractivity contribution in [2.45, 2.75) is 12.8 Å². The number of hydrogen-bond acceptors (Lipinski definition) is 3. The summed E-state index contributed by atoms with van der Waals surface area (Å²) in [4.78, 5) is 12.2. The molecule has 3 heteroatoms. The Hall–Kier alpha value is -1.09.